The van der Waals surface area contributed by atoms with E-state index in [1.165, 1.54) is 93.5 Å². The summed E-state index contributed by atoms with van der Waals surface area (Å²) in [6, 6.07) is 11.0. The number of aromatic nitrogens is 27. The van der Waals surface area contributed by atoms with E-state index in [1.807, 2.05) is 74.5 Å². The quantitative estimate of drug-likeness (QED) is 0.0559. The highest BCUT2D eigenvalue weighted by atomic mass is 35.5. The lowest BCUT2D eigenvalue weighted by molar-refractivity contribution is 0.336. The Morgan fingerprint density at radius 1 is 0.483 bits per heavy atom. The number of furan rings is 1. The van der Waals surface area contributed by atoms with Crippen molar-refractivity contribution in [2.45, 2.75) is 193 Å². The van der Waals surface area contributed by atoms with Gasteiger partial charge in [0.1, 0.15) is 87.1 Å². The van der Waals surface area contributed by atoms with E-state index >= 15 is 0 Å². The van der Waals surface area contributed by atoms with Crippen LogP contribution >= 0.6 is 34.7 Å². The number of oxazole rings is 1. The molecular weight excluding hydrogens is 1570 g/mol. The highest BCUT2D eigenvalue weighted by Crippen LogP contribution is 2.46. The molecule has 5 saturated carbocycles. The molecule has 0 bridgehead atoms. The van der Waals surface area contributed by atoms with Gasteiger partial charge in [-0.2, -0.15) is 59.2 Å². The van der Waals surface area contributed by atoms with Gasteiger partial charge in [-0.25, -0.2) is 63.1 Å². The molecular formula is C76H82ClN33O6S2. The van der Waals surface area contributed by atoms with Crippen molar-refractivity contribution in [3.8, 4) is 67.4 Å². The smallest absolute Gasteiger partial charge is 0.348 e. The molecule has 5 aliphatic rings. The lowest BCUT2D eigenvalue weighted by Crippen LogP contribution is -2.15. The van der Waals surface area contributed by atoms with Crippen molar-refractivity contribution in [2.75, 3.05) is 34.4 Å². The third-order valence-corrected chi connectivity index (χ3v) is 23.7. The minimum atomic E-state index is -0.473. The molecule has 22 rings (SSSR count). The summed E-state index contributed by atoms with van der Waals surface area (Å²) in [6.07, 6.45) is 31.9. The molecule has 0 aliphatic heterocycles. The van der Waals surface area contributed by atoms with Crippen molar-refractivity contribution in [1.29, 1.82) is 0 Å². The number of nitrogen functional groups attached to an aromatic ring is 6. The first-order chi connectivity index (χ1) is 57.4. The van der Waals surface area contributed by atoms with Crippen molar-refractivity contribution in [3.63, 3.8) is 0 Å². The summed E-state index contributed by atoms with van der Waals surface area (Å²) in [5.41, 5.74) is 44.5. The van der Waals surface area contributed by atoms with Crippen molar-refractivity contribution in [1.82, 2.24) is 133 Å². The molecule has 0 saturated heterocycles. The zero-order chi connectivity index (χ0) is 81.0. The van der Waals surface area contributed by atoms with E-state index < -0.39 is 5.69 Å². The van der Waals surface area contributed by atoms with E-state index in [1.54, 1.807) is 25.6 Å². The van der Waals surface area contributed by atoms with Crippen molar-refractivity contribution >= 4 is 136 Å². The van der Waals surface area contributed by atoms with Crippen LogP contribution < -0.4 is 44.8 Å². The van der Waals surface area contributed by atoms with Gasteiger partial charge in [0, 0.05) is 6.07 Å². The summed E-state index contributed by atoms with van der Waals surface area (Å²) < 4.78 is 46.0. The van der Waals surface area contributed by atoms with Crippen LogP contribution in [0.4, 0.5) is 35.0 Å². The summed E-state index contributed by atoms with van der Waals surface area (Å²) >= 11 is 8.64. The van der Waals surface area contributed by atoms with Gasteiger partial charge in [-0.1, -0.05) is 87.0 Å². The number of nitrogens with one attached hydrogen (secondary N) is 1. The Bertz CT molecular complexity index is 6440. The maximum atomic E-state index is 11.7. The number of benzene rings is 1. The summed E-state index contributed by atoms with van der Waals surface area (Å²) in [4.78, 5) is 66.1. The topological polar surface area (TPSA) is 546 Å². The molecule has 0 spiro atoms. The van der Waals surface area contributed by atoms with Crippen LogP contribution in [0.5, 0.6) is 11.5 Å². The van der Waals surface area contributed by atoms with Crippen molar-refractivity contribution in [2.24, 2.45) is 0 Å². The van der Waals surface area contributed by atoms with Crippen LogP contribution in [0.3, 0.4) is 0 Å². The van der Waals surface area contributed by atoms with E-state index in [9.17, 15) is 4.79 Å². The van der Waals surface area contributed by atoms with Gasteiger partial charge in [0.25, 0.3) is 5.89 Å². The van der Waals surface area contributed by atoms with Gasteiger partial charge in [-0.05, 0) is 145 Å². The van der Waals surface area contributed by atoms with Crippen molar-refractivity contribution in [3.05, 3.63) is 101 Å². The maximum absolute atomic E-state index is 11.7. The van der Waals surface area contributed by atoms with E-state index in [0.29, 0.717) is 126 Å². The SMILES string of the molecule is Cc1cc(-c2nn(C3CCCC3)c3nc(Cl)nc(N)c23)on1.Cc1coc(-c2nn(C3CCCC3)c3nc(=O)[nH]c(N)c23)n1.Cc1noc(-c2nn(C3CCCC3)c3nc(N)nc(N)c23)n1.Cc1nsc(-c2nn(C3CCCCC3)c3ncnc(N)c23)n1.Nc1ncnc2c1c(-c1sncc1Oc1cccc3occc13)nn2C1CCCC1. The predicted molar refractivity (Wildman–Crippen MR) is 443 cm³/mol. The molecule has 13 N–H and O–H groups in total. The number of halogens is 1. The molecule has 16 aromatic heterocycles. The summed E-state index contributed by atoms with van der Waals surface area (Å²) in [6.45, 7) is 7.33. The number of H-pyrrole nitrogens is 1. The standard InChI is InChI=1S/C21H18N6O2S.C14H15ClN6O.C14H17N7S.C14H16N6O2.C13H16N8O/c22-20-17-18(26-27(12-4-1-2-5-12)21(17)24-11-23-20)19-16(10-25-30-19)29-15-7-3-6-14-13(15)8-9-28-14;1-7-6-9(22-20-7)11-10-12(16)17-14(15)18-13(10)21(19-11)8-4-2-3-5-8;1-8-18-14(22-20-8)11-10-12(15)16-7-17-13(10)21(19-11)9-5-3-2-4-6-9;1-7-6-22-13(16-7)10-9-11(15)17-14(21)18-12(9)20(19-10)8-4-2-3-5-8;1-6-16-12(22-20-6)9-8-10(14)17-13(15)18-11(8)21(19-9)7-4-2-3-5-7/h3,6-12H,1-2,4-5H2,(H2,22,23,24);6,8H,2-5H2,1H3,(H2,16,17,18);7,9H,2-6H2,1H3,(H2,15,16,17);6,8H,2-5H2,1H3,(H3,15,17,18,21);7H,2-5H2,1H3,(H4,14,15,17,18). The van der Waals surface area contributed by atoms with Gasteiger partial charge in [0.05, 0.1) is 86.4 Å². The summed E-state index contributed by atoms with van der Waals surface area (Å²) in [7, 11) is 0. The normalized spacial score (nSPS) is 15.7. The largest absolute Gasteiger partial charge is 0.464 e. The number of anilines is 6. The minimum absolute atomic E-state index is 0.129. The second-order valence-corrected chi connectivity index (χ2v) is 31.8. The summed E-state index contributed by atoms with van der Waals surface area (Å²) in [5.74, 6) is 5.70. The predicted octanol–water partition coefficient (Wildman–Crippen LogP) is 14.3. The molecule has 0 radical (unpaired) electrons. The molecule has 0 amide bonds. The third kappa shape index (κ3) is 14.8. The molecule has 42 heteroatoms. The van der Waals surface area contributed by atoms with Gasteiger partial charge >= 0.3 is 5.69 Å². The van der Waals surface area contributed by atoms with Gasteiger partial charge in [-0.15, -0.1) is 0 Å². The molecule has 0 atom stereocenters. The molecule has 5 aliphatic carbocycles. The Kier molecular flexibility index (Phi) is 20.8. The van der Waals surface area contributed by atoms with Crippen LogP contribution in [0.1, 0.15) is 188 Å². The molecule has 606 valence electrons. The second-order valence-electron chi connectivity index (χ2n) is 30.0. The number of aromatic amines is 1. The number of rotatable bonds is 12. The Morgan fingerprint density at radius 2 is 1.03 bits per heavy atom. The first-order valence-corrected chi connectivity index (χ1v) is 41.2. The fourth-order valence-corrected chi connectivity index (χ4v) is 18.0. The van der Waals surface area contributed by atoms with E-state index in [0.717, 1.165) is 143 Å². The monoisotopic (exact) mass is 1650 g/mol. The van der Waals surface area contributed by atoms with Crippen LogP contribution in [-0.4, -0.2) is 133 Å². The molecule has 5 fully saturated rings. The molecule has 39 nitrogen and oxygen atoms in total. The lowest BCUT2D eigenvalue weighted by atomic mass is 9.96. The van der Waals surface area contributed by atoms with E-state index in [-0.39, 0.29) is 35.0 Å². The number of hydrogen-bond acceptors (Lipinski definition) is 35. The van der Waals surface area contributed by atoms with Crippen LogP contribution in [0.2, 0.25) is 5.28 Å². The van der Waals surface area contributed by atoms with E-state index in [2.05, 4.69) is 94.0 Å². The van der Waals surface area contributed by atoms with Crippen LogP contribution in [0.15, 0.2) is 84.4 Å². The highest BCUT2D eigenvalue weighted by Gasteiger charge is 2.33. The maximum Gasteiger partial charge on any atom is 0.348 e. The van der Waals surface area contributed by atoms with Gasteiger partial charge in [0.2, 0.25) is 17.1 Å². The number of nitrogens with zero attached hydrogens (tertiary/aromatic N) is 26. The minimum Gasteiger partial charge on any atom is -0.464 e. The van der Waals surface area contributed by atoms with Crippen LogP contribution in [0.25, 0.3) is 122 Å². The molecule has 1 aromatic carbocycles. The fraction of sp³-hybridized carbons (Fsp3) is 0.395. The third-order valence-electron chi connectivity index (χ3n) is 22.0. The lowest BCUT2D eigenvalue weighted by Gasteiger charge is -2.22. The Hall–Kier alpha value is -13.1. The highest BCUT2D eigenvalue weighted by molar-refractivity contribution is 7.10. The average Bonchev–Trinajstić information content (AvgIpc) is 1.63. The first kappa shape index (κ1) is 76.3. The van der Waals surface area contributed by atoms with Gasteiger partial charge in [-0.3, -0.25) is 4.98 Å². The first-order valence-electron chi connectivity index (χ1n) is 39.3. The van der Waals surface area contributed by atoms with Gasteiger partial charge < -0.3 is 57.0 Å². The summed E-state index contributed by atoms with van der Waals surface area (Å²) in [5, 5.41) is 36.7. The number of nitrogens with two attached hydrogens (primary N) is 6. The molecule has 17 aromatic rings. The number of ether oxygens (including phenoxy) is 1. The zero-order valence-corrected chi connectivity index (χ0v) is 67.1. The van der Waals surface area contributed by atoms with Crippen molar-refractivity contribution < 1.29 is 22.6 Å². The Balaban J connectivity index is 0.000000102. The molecule has 0 unspecified atom stereocenters. The molecule has 118 heavy (non-hydrogen) atoms. The second kappa shape index (κ2) is 32.2. The van der Waals surface area contributed by atoms with Crippen LogP contribution in [0, 0.1) is 27.7 Å². The zero-order valence-electron chi connectivity index (χ0n) is 64.7. The Morgan fingerprint density at radius 3 is 1.60 bits per heavy atom. The average molecular weight is 1650 g/mol. The number of fused-ring (bicyclic) bond motifs is 6. The molecule has 16 heterocycles. The van der Waals surface area contributed by atoms with E-state index in [4.69, 9.17) is 83.9 Å². The number of hydrogen-bond donors (Lipinski definition) is 7. The van der Waals surface area contributed by atoms with Crippen LogP contribution in [-0.2, 0) is 0 Å². The number of aryl methyl sites for hydroxylation is 4. The fourth-order valence-electron chi connectivity index (χ4n) is 16.5. The Labute approximate surface area is 682 Å². The van der Waals surface area contributed by atoms with Gasteiger partial charge in [0.15, 0.2) is 62.0 Å².